The molecule has 0 N–H and O–H groups in total. The van der Waals surface area contributed by atoms with E-state index in [1.54, 1.807) is 0 Å². The number of thioether (sulfide) groups is 1. The molecule has 1 aliphatic heterocycles. The predicted molar refractivity (Wildman–Crippen MR) is 73.2 cm³/mol. The van der Waals surface area contributed by atoms with Crippen molar-refractivity contribution in [2.75, 3.05) is 6.61 Å². The van der Waals surface area contributed by atoms with Crippen LogP contribution in [0.25, 0.3) is 0 Å². The van der Waals surface area contributed by atoms with E-state index < -0.39 is 0 Å². The van der Waals surface area contributed by atoms with Crippen molar-refractivity contribution in [3.05, 3.63) is 29.8 Å². The second-order valence-electron chi connectivity index (χ2n) is 5.31. The number of carbonyl (C=O) groups is 1. The SMILES string of the molecule is O=Cc1cccc(SC2CCOC3(CCC3)C2)c1. The van der Waals surface area contributed by atoms with Crippen LogP contribution < -0.4 is 0 Å². The van der Waals surface area contributed by atoms with E-state index in [9.17, 15) is 4.79 Å². The Bertz CT molecular complexity index is 440. The molecule has 1 saturated heterocycles. The van der Waals surface area contributed by atoms with Gasteiger partial charge in [0.1, 0.15) is 6.29 Å². The van der Waals surface area contributed by atoms with Crippen LogP contribution in [0.1, 0.15) is 42.5 Å². The van der Waals surface area contributed by atoms with Crippen LogP contribution in [0.5, 0.6) is 0 Å². The third kappa shape index (κ3) is 2.47. The van der Waals surface area contributed by atoms with Crippen LogP contribution in [-0.4, -0.2) is 23.7 Å². The first-order chi connectivity index (χ1) is 8.80. The van der Waals surface area contributed by atoms with E-state index in [-0.39, 0.29) is 5.60 Å². The Morgan fingerprint density at radius 3 is 3.00 bits per heavy atom. The average molecular weight is 262 g/mol. The van der Waals surface area contributed by atoms with E-state index in [4.69, 9.17) is 4.74 Å². The normalized spacial score (nSPS) is 25.7. The van der Waals surface area contributed by atoms with Gasteiger partial charge in [-0.3, -0.25) is 4.79 Å². The maximum atomic E-state index is 10.8. The lowest BCUT2D eigenvalue weighted by Crippen LogP contribution is -2.46. The molecule has 1 saturated carbocycles. The summed E-state index contributed by atoms with van der Waals surface area (Å²) in [7, 11) is 0. The Morgan fingerprint density at radius 1 is 1.39 bits per heavy atom. The Balaban J connectivity index is 1.66. The molecular weight excluding hydrogens is 244 g/mol. The molecule has 1 heterocycles. The minimum absolute atomic E-state index is 0.207. The number of carbonyl (C=O) groups excluding carboxylic acids is 1. The zero-order valence-corrected chi connectivity index (χ0v) is 11.2. The summed E-state index contributed by atoms with van der Waals surface area (Å²) in [6, 6.07) is 7.90. The quantitative estimate of drug-likeness (QED) is 0.777. The van der Waals surface area contributed by atoms with Crippen molar-refractivity contribution in [1.82, 2.24) is 0 Å². The van der Waals surface area contributed by atoms with Crippen molar-refractivity contribution >= 4 is 18.0 Å². The van der Waals surface area contributed by atoms with Crippen LogP contribution in [0.4, 0.5) is 0 Å². The molecule has 3 heteroatoms. The molecule has 1 atom stereocenters. The average Bonchev–Trinajstić information content (AvgIpc) is 2.37. The molecule has 3 rings (SSSR count). The Kier molecular flexibility index (Phi) is 3.44. The third-order valence-corrected chi connectivity index (χ3v) is 5.27. The van der Waals surface area contributed by atoms with Gasteiger partial charge in [-0.2, -0.15) is 0 Å². The topological polar surface area (TPSA) is 26.3 Å². The molecule has 0 amide bonds. The highest BCUT2D eigenvalue weighted by Gasteiger charge is 2.42. The summed E-state index contributed by atoms with van der Waals surface area (Å²) in [5.41, 5.74) is 0.975. The molecular formula is C15H18O2S. The zero-order valence-electron chi connectivity index (χ0n) is 10.4. The summed E-state index contributed by atoms with van der Waals surface area (Å²) in [4.78, 5) is 12.0. The van der Waals surface area contributed by atoms with Crippen molar-refractivity contribution in [3.63, 3.8) is 0 Å². The van der Waals surface area contributed by atoms with Gasteiger partial charge in [-0.15, -0.1) is 11.8 Å². The molecule has 96 valence electrons. The van der Waals surface area contributed by atoms with E-state index in [1.807, 2.05) is 30.0 Å². The van der Waals surface area contributed by atoms with E-state index in [1.165, 1.54) is 30.6 Å². The highest BCUT2D eigenvalue weighted by atomic mass is 32.2. The van der Waals surface area contributed by atoms with Gasteiger partial charge in [0, 0.05) is 22.3 Å². The molecule has 1 aromatic rings. The highest BCUT2D eigenvalue weighted by molar-refractivity contribution is 8.00. The molecule has 1 unspecified atom stereocenters. The van der Waals surface area contributed by atoms with Gasteiger partial charge in [0.05, 0.1) is 5.60 Å². The Labute approximate surface area is 112 Å². The van der Waals surface area contributed by atoms with Crippen molar-refractivity contribution in [2.45, 2.75) is 47.9 Å². The number of aldehydes is 1. The molecule has 1 spiro atoms. The summed E-state index contributed by atoms with van der Waals surface area (Å²) in [6.45, 7) is 0.894. The van der Waals surface area contributed by atoms with Crippen LogP contribution in [0.2, 0.25) is 0 Å². The number of benzene rings is 1. The van der Waals surface area contributed by atoms with E-state index >= 15 is 0 Å². The van der Waals surface area contributed by atoms with Crippen LogP contribution >= 0.6 is 11.8 Å². The third-order valence-electron chi connectivity index (χ3n) is 4.01. The summed E-state index contributed by atoms with van der Waals surface area (Å²) >= 11 is 1.91. The lowest BCUT2D eigenvalue weighted by atomic mass is 9.75. The van der Waals surface area contributed by atoms with E-state index in [0.717, 1.165) is 24.9 Å². The van der Waals surface area contributed by atoms with Gasteiger partial charge in [0.25, 0.3) is 0 Å². The standard InChI is InChI=1S/C15H18O2S/c16-11-12-3-1-4-13(9-12)18-14-5-8-17-15(10-14)6-2-7-15/h1,3-4,9,11,14H,2,5-8,10H2. The molecule has 0 aromatic heterocycles. The van der Waals surface area contributed by atoms with Gasteiger partial charge in [-0.05, 0) is 44.2 Å². The van der Waals surface area contributed by atoms with Gasteiger partial charge in [-0.1, -0.05) is 12.1 Å². The molecule has 0 bridgehead atoms. The fraction of sp³-hybridized carbons (Fsp3) is 0.533. The first-order valence-electron chi connectivity index (χ1n) is 6.66. The summed E-state index contributed by atoms with van der Waals surface area (Å²) in [5.74, 6) is 0. The molecule has 2 nitrogen and oxygen atoms in total. The fourth-order valence-corrected chi connectivity index (χ4v) is 4.20. The van der Waals surface area contributed by atoms with Gasteiger partial charge >= 0.3 is 0 Å². The van der Waals surface area contributed by atoms with Crippen LogP contribution in [0.15, 0.2) is 29.2 Å². The smallest absolute Gasteiger partial charge is 0.150 e. The van der Waals surface area contributed by atoms with Gasteiger partial charge in [0.2, 0.25) is 0 Å². The minimum Gasteiger partial charge on any atom is -0.375 e. The van der Waals surface area contributed by atoms with Crippen molar-refractivity contribution in [3.8, 4) is 0 Å². The molecule has 1 aliphatic carbocycles. The first-order valence-corrected chi connectivity index (χ1v) is 7.54. The molecule has 2 fully saturated rings. The predicted octanol–water partition coefficient (Wildman–Crippen LogP) is 3.69. The maximum absolute atomic E-state index is 10.8. The summed E-state index contributed by atoms with van der Waals surface area (Å²) < 4.78 is 5.94. The number of hydrogen-bond donors (Lipinski definition) is 0. The van der Waals surface area contributed by atoms with E-state index in [2.05, 4.69) is 6.07 Å². The van der Waals surface area contributed by atoms with Crippen LogP contribution in [-0.2, 0) is 4.74 Å². The molecule has 1 aromatic carbocycles. The largest absolute Gasteiger partial charge is 0.375 e. The zero-order chi connectivity index (χ0) is 12.4. The second-order valence-corrected chi connectivity index (χ2v) is 6.68. The van der Waals surface area contributed by atoms with Crippen molar-refractivity contribution in [1.29, 1.82) is 0 Å². The summed E-state index contributed by atoms with van der Waals surface area (Å²) in [5, 5.41) is 0.640. The molecule has 0 radical (unpaired) electrons. The summed E-state index contributed by atoms with van der Waals surface area (Å²) in [6.07, 6.45) is 7.00. The number of ether oxygens (including phenoxy) is 1. The van der Waals surface area contributed by atoms with Crippen LogP contribution in [0.3, 0.4) is 0 Å². The maximum Gasteiger partial charge on any atom is 0.150 e. The van der Waals surface area contributed by atoms with E-state index in [0.29, 0.717) is 5.25 Å². The second kappa shape index (κ2) is 5.06. The number of hydrogen-bond acceptors (Lipinski definition) is 3. The van der Waals surface area contributed by atoms with Gasteiger partial charge < -0.3 is 4.74 Å². The lowest BCUT2D eigenvalue weighted by Gasteiger charge is -2.47. The Hall–Kier alpha value is -0.800. The van der Waals surface area contributed by atoms with Gasteiger partial charge in [0.15, 0.2) is 0 Å². The molecule has 18 heavy (non-hydrogen) atoms. The van der Waals surface area contributed by atoms with Crippen molar-refractivity contribution in [2.24, 2.45) is 0 Å². The number of rotatable bonds is 3. The van der Waals surface area contributed by atoms with Crippen molar-refractivity contribution < 1.29 is 9.53 Å². The Morgan fingerprint density at radius 2 is 2.28 bits per heavy atom. The highest BCUT2D eigenvalue weighted by Crippen LogP contribution is 2.46. The monoisotopic (exact) mass is 262 g/mol. The van der Waals surface area contributed by atoms with Crippen LogP contribution in [0, 0.1) is 0 Å². The minimum atomic E-state index is 0.207. The lowest BCUT2D eigenvalue weighted by molar-refractivity contribution is -0.125. The van der Waals surface area contributed by atoms with Gasteiger partial charge in [-0.25, -0.2) is 0 Å². The first kappa shape index (κ1) is 12.2. The molecule has 2 aliphatic rings. The fourth-order valence-electron chi connectivity index (χ4n) is 2.86.